The maximum Gasteiger partial charge on any atom is 0.309 e. The number of halogens is 1. The SMILES string of the molecule is Cn1nncc1CNC(=O)C(=O)NC1CC(c2ccc(Cl)cc2)C1. The summed E-state index contributed by atoms with van der Waals surface area (Å²) in [5, 5.41) is 13.5. The average molecular weight is 348 g/mol. The first-order valence-electron chi connectivity index (χ1n) is 7.70. The van der Waals surface area contributed by atoms with Gasteiger partial charge >= 0.3 is 11.8 Å². The van der Waals surface area contributed by atoms with E-state index in [-0.39, 0.29) is 12.6 Å². The molecule has 1 aromatic heterocycles. The van der Waals surface area contributed by atoms with Gasteiger partial charge in [0.15, 0.2) is 0 Å². The zero-order valence-corrected chi connectivity index (χ0v) is 14.0. The number of benzene rings is 1. The molecule has 0 radical (unpaired) electrons. The lowest BCUT2D eigenvalue weighted by molar-refractivity contribution is -0.140. The minimum Gasteiger partial charge on any atom is -0.345 e. The van der Waals surface area contributed by atoms with Crippen molar-refractivity contribution in [3.05, 3.63) is 46.7 Å². The van der Waals surface area contributed by atoms with Crippen LogP contribution in [0.3, 0.4) is 0 Å². The molecule has 0 unspecified atom stereocenters. The highest BCUT2D eigenvalue weighted by molar-refractivity contribution is 6.35. The van der Waals surface area contributed by atoms with Crippen LogP contribution in [0.4, 0.5) is 0 Å². The quantitative estimate of drug-likeness (QED) is 0.812. The van der Waals surface area contributed by atoms with Gasteiger partial charge in [-0.15, -0.1) is 5.10 Å². The Bertz CT molecular complexity index is 737. The molecule has 1 saturated carbocycles. The first-order chi connectivity index (χ1) is 11.5. The van der Waals surface area contributed by atoms with Gasteiger partial charge < -0.3 is 10.6 Å². The molecule has 3 rings (SSSR count). The third-order valence-corrected chi connectivity index (χ3v) is 4.51. The van der Waals surface area contributed by atoms with Crippen molar-refractivity contribution in [3.8, 4) is 0 Å². The Balaban J connectivity index is 1.42. The third kappa shape index (κ3) is 3.73. The summed E-state index contributed by atoms with van der Waals surface area (Å²) >= 11 is 5.88. The van der Waals surface area contributed by atoms with Crippen molar-refractivity contribution < 1.29 is 9.59 Å². The van der Waals surface area contributed by atoms with Crippen LogP contribution >= 0.6 is 11.6 Å². The van der Waals surface area contributed by atoms with E-state index in [0.717, 1.165) is 18.5 Å². The molecule has 8 heteroatoms. The molecule has 1 fully saturated rings. The molecule has 7 nitrogen and oxygen atoms in total. The average Bonchev–Trinajstić information content (AvgIpc) is 2.94. The summed E-state index contributed by atoms with van der Waals surface area (Å²) in [6.07, 6.45) is 3.19. The molecule has 24 heavy (non-hydrogen) atoms. The number of rotatable bonds is 4. The van der Waals surface area contributed by atoms with Crippen molar-refractivity contribution >= 4 is 23.4 Å². The van der Waals surface area contributed by atoms with Gasteiger partial charge in [0.25, 0.3) is 0 Å². The van der Waals surface area contributed by atoms with Crippen LogP contribution in [-0.2, 0) is 23.2 Å². The monoisotopic (exact) mass is 347 g/mol. The molecule has 1 aliphatic carbocycles. The van der Waals surface area contributed by atoms with E-state index in [9.17, 15) is 9.59 Å². The molecule has 2 aromatic rings. The van der Waals surface area contributed by atoms with E-state index in [1.807, 2.05) is 24.3 Å². The van der Waals surface area contributed by atoms with Crippen molar-refractivity contribution in [3.63, 3.8) is 0 Å². The second-order valence-corrected chi connectivity index (χ2v) is 6.36. The van der Waals surface area contributed by atoms with Gasteiger partial charge in [0.05, 0.1) is 18.4 Å². The molecule has 0 spiro atoms. The lowest BCUT2D eigenvalue weighted by Gasteiger charge is -2.36. The van der Waals surface area contributed by atoms with Crippen molar-refractivity contribution in [1.29, 1.82) is 0 Å². The smallest absolute Gasteiger partial charge is 0.309 e. The Morgan fingerprint density at radius 2 is 1.96 bits per heavy atom. The van der Waals surface area contributed by atoms with Crippen LogP contribution in [0.25, 0.3) is 0 Å². The summed E-state index contributed by atoms with van der Waals surface area (Å²) < 4.78 is 1.54. The minimum absolute atomic E-state index is 0.0299. The third-order valence-electron chi connectivity index (χ3n) is 4.26. The Kier molecular flexibility index (Phi) is 4.80. The summed E-state index contributed by atoms with van der Waals surface area (Å²) in [7, 11) is 1.72. The van der Waals surface area contributed by atoms with Crippen LogP contribution in [0.5, 0.6) is 0 Å². The van der Waals surface area contributed by atoms with Crippen LogP contribution in [0.2, 0.25) is 5.02 Å². The fraction of sp³-hybridized carbons (Fsp3) is 0.375. The fourth-order valence-corrected chi connectivity index (χ4v) is 2.84. The second kappa shape index (κ2) is 7.00. The van der Waals surface area contributed by atoms with Gasteiger partial charge in [-0.25, -0.2) is 0 Å². The van der Waals surface area contributed by atoms with E-state index in [1.165, 1.54) is 5.56 Å². The predicted octanol–water partition coefficient (Wildman–Crippen LogP) is 1.15. The first-order valence-corrected chi connectivity index (χ1v) is 8.08. The predicted molar refractivity (Wildman–Crippen MR) is 88.2 cm³/mol. The number of hydrogen-bond acceptors (Lipinski definition) is 4. The van der Waals surface area contributed by atoms with E-state index in [1.54, 1.807) is 17.9 Å². The Labute approximate surface area is 144 Å². The Morgan fingerprint density at radius 1 is 1.25 bits per heavy atom. The zero-order chi connectivity index (χ0) is 17.1. The highest BCUT2D eigenvalue weighted by Gasteiger charge is 2.32. The molecule has 0 atom stereocenters. The molecule has 1 aliphatic rings. The molecule has 2 N–H and O–H groups in total. The van der Waals surface area contributed by atoms with Gasteiger partial charge in [-0.1, -0.05) is 28.9 Å². The van der Waals surface area contributed by atoms with Crippen LogP contribution in [-0.4, -0.2) is 32.9 Å². The van der Waals surface area contributed by atoms with Gasteiger partial charge in [0, 0.05) is 18.1 Å². The summed E-state index contributed by atoms with van der Waals surface area (Å²) in [4.78, 5) is 23.7. The second-order valence-electron chi connectivity index (χ2n) is 5.92. The number of carbonyl (C=O) groups excluding carboxylic acids is 2. The van der Waals surface area contributed by atoms with Crippen molar-refractivity contribution in [2.75, 3.05) is 0 Å². The summed E-state index contributed by atoms with van der Waals surface area (Å²) in [6, 6.07) is 7.76. The maximum atomic E-state index is 11.9. The van der Waals surface area contributed by atoms with Crippen LogP contribution in [0.15, 0.2) is 30.5 Å². The summed E-state index contributed by atoms with van der Waals surface area (Å²) in [6.45, 7) is 0.216. The van der Waals surface area contributed by atoms with Gasteiger partial charge in [0.1, 0.15) is 0 Å². The molecule has 126 valence electrons. The van der Waals surface area contributed by atoms with Gasteiger partial charge in [-0.3, -0.25) is 14.3 Å². The van der Waals surface area contributed by atoms with E-state index < -0.39 is 11.8 Å². The van der Waals surface area contributed by atoms with Crippen molar-refractivity contribution in [2.24, 2.45) is 7.05 Å². The largest absolute Gasteiger partial charge is 0.345 e. The van der Waals surface area contributed by atoms with E-state index in [0.29, 0.717) is 10.9 Å². The molecule has 1 aromatic carbocycles. The Morgan fingerprint density at radius 3 is 2.58 bits per heavy atom. The number of hydrogen-bond donors (Lipinski definition) is 2. The standard InChI is InChI=1S/C16H18ClN5O2/c1-22-14(9-19-21-22)8-18-15(23)16(24)20-13-6-11(7-13)10-2-4-12(17)5-3-10/h2-5,9,11,13H,6-8H2,1H3,(H,18,23)(H,20,24). The minimum atomic E-state index is -0.647. The van der Waals surface area contributed by atoms with Crippen molar-refractivity contribution in [2.45, 2.75) is 31.3 Å². The Hall–Kier alpha value is -2.41. The van der Waals surface area contributed by atoms with Gasteiger partial charge in [-0.05, 0) is 36.5 Å². The normalized spacial score (nSPS) is 19.4. The lowest BCUT2D eigenvalue weighted by atomic mass is 9.76. The van der Waals surface area contributed by atoms with Crippen LogP contribution in [0.1, 0.15) is 30.0 Å². The number of amides is 2. The number of aryl methyl sites for hydroxylation is 1. The molecule has 0 bridgehead atoms. The number of carbonyl (C=O) groups is 2. The topological polar surface area (TPSA) is 88.9 Å². The summed E-state index contributed by atoms with van der Waals surface area (Å²) in [5.41, 5.74) is 1.93. The number of aromatic nitrogens is 3. The number of nitrogens with zero attached hydrogens (tertiary/aromatic N) is 3. The molecule has 1 heterocycles. The zero-order valence-electron chi connectivity index (χ0n) is 13.2. The van der Waals surface area contributed by atoms with E-state index in [4.69, 9.17) is 11.6 Å². The summed E-state index contributed by atoms with van der Waals surface area (Å²) in [5.74, 6) is -0.855. The lowest BCUT2D eigenvalue weighted by Crippen LogP contribution is -2.49. The molecular weight excluding hydrogens is 330 g/mol. The van der Waals surface area contributed by atoms with Crippen LogP contribution < -0.4 is 10.6 Å². The van der Waals surface area contributed by atoms with Crippen molar-refractivity contribution in [1.82, 2.24) is 25.6 Å². The molecular formula is C16H18ClN5O2. The molecule has 2 amide bonds. The maximum absolute atomic E-state index is 11.9. The first kappa shape index (κ1) is 16.4. The highest BCUT2D eigenvalue weighted by atomic mass is 35.5. The molecule has 0 saturated heterocycles. The van der Waals surface area contributed by atoms with E-state index >= 15 is 0 Å². The van der Waals surface area contributed by atoms with Gasteiger partial charge in [-0.2, -0.15) is 0 Å². The van der Waals surface area contributed by atoms with E-state index in [2.05, 4.69) is 20.9 Å². The fourth-order valence-electron chi connectivity index (χ4n) is 2.72. The van der Waals surface area contributed by atoms with Crippen LogP contribution in [0, 0.1) is 0 Å². The highest BCUT2D eigenvalue weighted by Crippen LogP contribution is 2.37. The van der Waals surface area contributed by atoms with Gasteiger partial charge in [0.2, 0.25) is 0 Å². The number of nitrogens with one attached hydrogen (secondary N) is 2. The molecule has 0 aliphatic heterocycles.